The fourth-order valence-electron chi connectivity index (χ4n) is 1.95. The normalized spacial score (nSPS) is 10.9. The Labute approximate surface area is 149 Å². The second-order valence-electron chi connectivity index (χ2n) is 5.15. The maximum absolute atomic E-state index is 9.68. The summed E-state index contributed by atoms with van der Waals surface area (Å²) in [5.41, 5.74) is 1.59. The quantitative estimate of drug-likeness (QED) is 0.323. The Balaban J connectivity index is 2.03. The Bertz CT molecular complexity index is 797. The first-order chi connectivity index (χ1) is 11.3. The second-order valence-corrected chi connectivity index (χ2v) is 5.96. The molecular weight excluding hydrogens is 350 g/mol. The van der Waals surface area contributed by atoms with Crippen molar-refractivity contribution in [3.63, 3.8) is 0 Å². The van der Waals surface area contributed by atoms with Gasteiger partial charge in [0.25, 0.3) is 0 Å². The van der Waals surface area contributed by atoms with Gasteiger partial charge in [0.2, 0.25) is 0 Å². The largest absolute Gasteiger partial charge is 0.508 e. The summed E-state index contributed by atoms with van der Waals surface area (Å²) in [6, 6.07) is 5.97. The van der Waals surface area contributed by atoms with Gasteiger partial charge in [-0.15, -0.1) is 0 Å². The van der Waals surface area contributed by atoms with E-state index in [1.807, 2.05) is 0 Å². The van der Waals surface area contributed by atoms with Crippen LogP contribution in [0.4, 0.5) is 0 Å². The number of halogens is 1. The van der Waals surface area contributed by atoms with Crippen LogP contribution in [0.25, 0.3) is 6.08 Å². The van der Waals surface area contributed by atoms with Crippen molar-refractivity contribution in [3.8, 4) is 23.0 Å². The van der Waals surface area contributed by atoms with Crippen LogP contribution < -0.4 is 5.32 Å². The summed E-state index contributed by atoms with van der Waals surface area (Å²) in [5, 5.41) is 41.3. The van der Waals surface area contributed by atoms with Crippen LogP contribution in [0.15, 0.2) is 30.3 Å². The highest BCUT2D eigenvalue weighted by molar-refractivity contribution is 7.80. The van der Waals surface area contributed by atoms with E-state index in [1.165, 1.54) is 6.07 Å². The Morgan fingerprint density at radius 2 is 1.75 bits per heavy atom. The van der Waals surface area contributed by atoms with Crippen molar-refractivity contribution < 1.29 is 20.4 Å². The van der Waals surface area contributed by atoms with Crippen LogP contribution in [-0.4, -0.2) is 25.4 Å². The SMILES string of the molecule is Cc1c(O)cc(CNC(=S)/C=C/c2ccc(O)c(O)c2Cl)cc1O. The third-order valence-electron chi connectivity index (χ3n) is 3.42. The molecule has 0 aliphatic heterocycles. The first-order valence-corrected chi connectivity index (χ1v) is 7.76. The number of benzene rings is 2. The van der Waals surface area contributed by atoms with E-state index >= 15 is 0 Å². The molecule has 0 fully saturated rings. The number of phenolic OH excluding ortho intramolecular Hbond substituents is 4. The lowest BCUT2D eigenvalue weighted by Crippen LogP contribution is -2.18. The molecule has 0 unspecified atom stereocenters. The first kappa shape index (κ1) is 17.9. The van der Waals surface area contributed by atoms with Crippen molar-refractivity contribution in [2.24, 2.45) is 0 Å². The topological polar surface area (TPSA) is 93.0 Å². The van der Waals surface area contributed by atoms with Gasteiger partial charge in [-0.3, -0.25) is 0 Å². The maximum atomic E-state index is 9.68. The summed E-state index contributed by atoms with van der Waals surface area (Å²) >= 11 is 11.1. The van der Waals surface area contributed by atoms with E-state index in [-0.39, 0.29) is 28.0 Å². The lowest BCUT2D eigenvalue weighted by Gasteiger charge is -2.08. The van der Waals surface area contributed by atoms with Gasteiger partial charge in [0.1, 0.15) is 11.5 Å². The van der Waals surface area contributed by atoms with E-state index in [4.69, 9.17) is 23.8 Å². The van der Waals surface area contributed by atoms with E-state index in [1.54, 1.807) is 37.3 Å². The molecule has 0 radical (unpaired) electrons. The molecule has 2 rings (SSSR count). The zero-order valence-corrected chi connectivity index (χ0v) is 14.3. The summed E-state index contributed by atoms with van der Waals surface area (Å²) < 4.78 is 0. The summed E-state index contributed by atoms with van der Waals surface area (Å²) in [7, 11) is 0. The van der Waals surface area contributed by atoms with Gasteiger partial charge in [-0.25, -0.2) is 0 Å². The lowest BCUT2D eigenvalue weighted by molar-refractivity contribution is 0.404. The molecule has 0 amide bonds. The standard InChI is InChI=1S/C17H16ClNO4S/c1-9-13(21)6-10(7-14(9)22)8-19-15(24)5-3-11-2-4-12(20)17(23)16(11)18/h2-7,20-23H,8H2,1H3,(H,19,24)/b5-3+. The number of phenols is 4. The Kier molecular flexibility index (Phi) is 5.54. The summed E-state index contributed by atoms with van der Waals surface area (Å²) in [4.78, 5) is 0.401. The van der Waals surface area contributed by atoms with Crippen LogP contribution in [0.5, 0.6) is 23.0 Å². The monoisotopic (exact) mass is 365 g/mol. The van der Waals surface area contributed by atoms with Crippen LogP contribution in [0, 0.1) is 6.92 Å². The molecule has 0 bridgehead atoms. The van der Waals surface area contributed by atoms with Crippen LogP contribution in [0.1, 0.15) is 16.7 Å². The molecule has 0 saturated heterocycles. The average molecular weight is 366 g/mol. The third-order valence-corrected chi connectivity index (χ3v) is 4.10. The minimum Gasteiger partial charge on any atom is -0.508 e. The van der Waals surface area contributed by atoms with Crippen LogP contribution >= 0.6 is 23.8 Å². The van der Waals surface area contributed by atoms with Gasteiger partial charge in [0.05, 0.1) is 10.0 Å². The molecule has 0 aromatic heterocycles. The van der Waals surface area contributed by atoms with Crippen molar-refractivity contribution in [1.82, 2.24) is 5.32 Å². The predicted octanol–water partition coefficient (Wildman–Crippen LogP) is 3.60. The average Bonchev–Trinajstić information content (AvgIpc) is 2.55. The van der Waals surface area contributed by atoms with Crippen molar-refractivity contribution in [2.75, 3.05) is 0 Å². The fourth-order valence-corrected chi connectivity index (χ4v) is 2.32. The zero-order valence-electron chi connectivity index (χ0n) is 12.7. The molecule has 0 spiro atoms. The summed E-state index contributed by atoms with van der Waals surface area (Å²) in [5.74, 6) is -0.653. The van der Waals surface area contributed by atoms with Gasteiger partial charge in [-0.1, -0.05) is 29.9 Å². The number of rotatable bonds is 4. The fraction of sp³-hybridized carbons (Fsp3) is 0.118. The smallest absolute Gasteiger partial charge is 0.177 e. The van der Waals surface area contributed by atoms with E-state index in [0.717, 1.165) is 0 Å². The van der Waals surface area contributed by atoms with Gasteiger partial charge >= 0.3 is 0 Å². The minimum atomic E-state index is -0.386. The van der Waals surface area contributed by atoms with Gasteiger partial charge in [0.15, 0.2) is 11.5 Å². The molecule has 2 aromatic carbocycles. The Morgan fingerprint density at radius 1 is 1.12 bits per heavy atom. The van der Waals surface area contributed by atoms with Crippen molar-refractivity contribution in [3.05, 3.63) is 52.1 Å². The Hall–Kier alpha value is -2.44. The third kappa shape index (κ3) is 4.10. The molecule has 0 atom stereocenters. The van der Waals surface area contributed by atoms with Gasteiger partial charge < -0.3 is 25.7 Å². The maximum Gasteiger partial charge on any atom is 0.177 e. The zero-order chi connectivity index (χ0) is 17.9. The van der Waals surface area contributed by atoms with Crippen molar-refractivity contribution in [1.29, 1.82) is 0 Å². The molecule has 0 aliphatic rings. The molecule has 0 aliphatic carbocycles. The molecule has 24 heavy (non-hydrogen) atoms. The Morgan fingerprint density at radius 3 is 2.38 bits per heavy atom. The molecule has 0 saturated carbocycles. The van der Waals surface area contributed by atoms with Gasteiger partial charge in [-0.2, -0.15) is 0 Å². The number of thiocarbonyl (C=S) groups is 1. The van der Waals surface area contributed by atoms with Gasteiger partial charge in [-0.05, 0) is 48.4 Å². The van der Waals surface area contributed by atoms with Crippen molar-refractivity contribution in [2.45, 2.75) is 13.5 Å². The molecule has 5 N–H and O–H groups in total. The predicted molar refractivity (Wildman–Crippen MR) is 97.8 cm³/mol. The molecule has 5 nitrogen and oxygen atoms in total. The van der Waals surface area contributed by atoms with E-state index < -0.39 is 0 Å². The molecule has 7 heteroatoms. The highest BCUT2D eigenvalue weighted by Crippen LogP contribution is 2.35. The summed E-state index contributed by atoms with van der Waals surface area (Å²) in [6.07, 6.45) is 3.18. The van der Waals surface area contributed by atoms with E-state index in [0.29, 0.717) is 28.2 Å². The number of hydrogen-bond donors (Lipinski definition) is 5. The first-order valence-electron chi connectivity index (χ1n) is 6.97. The number of aromatic hydroxyl groups is 4. The van der Waals surface area contributed by atoms with E-state index in [9.17, 15) is 20.4 Å². The van der Waals surface area contributed by atoms with Crippen LogP contribution in [0.3, 0.4) is 0 Å². The lowest BCUT2D eigenvalue weighted by atomic mass is 10.1. The second kappa shape index (κ2) is 7.42. The number of hydrogen-bond acceptors (Lipinski definition) is 5. The molecular formula is C17H16ClNO4S. The highest BCUT2D eigenvalue weighted by Gasteiger charge is 2.08. The number of nitrogens with one attached hydrogen (secondary N) is 1. The minimum absolute atomic E-state index is 0.0135. The molecule has 126 valence electrons. The van der Waals surface area contributed by atoms with Crippen LogP contribution in [0.2, 0.25) is 5.02 Å². The van der Waals surface area contributed by atoms with Gasteiger partial charge in [0, 0.05) is 12.1 Å². The van der Waals surface area contributed by atoms with Crippen molar-refractivity contribution >= 4 is 34.9 Å². The highest BCUT2D eigenvalue weighted by atomic mass is 35.5. The molecule has 2 aromatic rings. The van der Waals surface area contributed by atoms with E-state index in [2.05, 4.69) is 5.32 Å². The summed E-state index contributed by atoms with van der Waals surface area (Å²) in [6.45, 7) is 1.94. The molecule has 0 heterocycles. The van der Waals surface area contributed by atoms with Crippen LogP contribution in [-0.2, 0) is 6.54 Å².